The summed E-state index contributed by atoms with van der Waals surface area (Å²) in [7, 11) is 1.26. The number of likely N-dealkylation sites (N-methyl/N-ethyl adjacent to an activating group) is 1. The van der Waals surface area contributed by atoms with Crippen LogP contribution in [-0.2, 0) is 18.4 Å². The molecule has 1 amide bonds. The molecule has 0 aromatic carbocycles. The van der Waals surface area contributed by atoms with Crippen LogP contribution in [0.25, 0.3) is 0 Å². The van der Waals surface area contributed by atoms with Gasteiger partial charge in [-0.05, 0) is 32.1 Å². The van der Waals surface area contributed by atoms with Crippen molar-refractivity contribution in [2.24, 2.45) is 0 Å². The lowest BCUT2D eigenvalue weighted by molar-refractivity contribution is -0.870. The van der Waals surface area contributed by atoms with Gasteiger partial charge in [0.2, 0.25) is 5.91 Å². The number of aliphatic hydroxyl groups excluding tert-OH is 1. The molecule has 64 heavy (non-hydrogen) atoms. The van der Waals surface area contributed by atoms with E-state index in [2.05, 4.69) is 31.3 Å². The molecule has 0 aromatic rings. The molecule has 380 valence electrons. The maximum absolute atomic E-state index is 12.9. The van der Waals surface area contributed by atoms with Gasteiger partial charge in [0.1, 0.15) is 13.2 Å². The topological polar surface area (TPSA) is 108 Å². The van der Waals surface area contributed by atoms with Gasteiger partial charge in [0, 0.05) is 6.42 Å². The molecule has 0 spiro atoms. The number of phosphoric ester groups is 1. The second-order valence-electron chi connectivity index (χ2n) is 20.3. The fourth-order valence-corrected chi connectivity index (χ4v) is 9.01. The first-order valence-electron chi connectivity index (χ1n) is 27.7. The van der Waals surface area contributed by atoms with Gasteiger partial charge < -0.3 is 28.8 Å². The summed E-state index contributed by atoms with van der Waals surface area (Å²) in [6.45, 7) is 4.66. The molecule has 0 rings (SSSR count). The highest BCUT2D eigenvalue weighted by atomic mass is 31.2. The number of rotatable bonds is 51. The molecule has 0 saturated carbocycles. The monoisotopic (exact) mass is 925 g/mol. The highest BCUT2D eigenvalue weighted by molar-refractivity contribution is 7.45. The molecule has 0 aliphatic carbocycles. The van der Waals surface area contributed by atoms with E-state index in [4.69, 9.17) is 9.05 Å². The molecule has 8 nitrogen and oxygen atoms in total. The molecule has 3 atom stereocenters. The van der Waals surface area contributed by atoms with Gasteiger partial charge in [-0.1, -0.05) is 256 Å². The Labute approximate surface area is 398 Å². The number of nitrogens with zero attached hydrogens (tertiary/aromatic N) is 1. The molecule has 0 aromatic heterocycles. The van der Waals surface area contributed by atoms with E-state index in [9.17, 15) is 19.4 Å². The van der Waals surface area contributed by atoms with Gasteiger partial charge in [0.05, 0.1) is 39.9 Å². The Balaban J connectivity index is 4.17. The second kappa shape index (κ2) is 47.1. The minimum absolute atomic E-state index is 0.00389. The fraction of sp³-hybridized carbons (Fsp3) is 0.909. The van der Waals surface area contributed by atoms with Crippen molar-refractivity contribution in [3.05, 3.63) is 24.3 Å². The number of amides is 1. The highest BCUT2D eigenvalue weighted by Crippen LogP contribution is 2.38. The van der Waals surface area contributed by atoms with Gasteiger partial charge in [-0.25, -0.2) is 0 Å². The summed E-state index contributed by atoms with van der Waals surface area (Å²) in [5.74, 6) is -0.202. The van der Waals surface area contributed by atoms with E-state index >= 15 is 0 Å². The van der Waals surface area contributed by atoms with Gasteiger partial charge in [-0.15, -0.1) is 0 Å². The van der Waals surface area contributed by atoms with E-state index in [1.807, 2.05) is 27.2 Å². The zero-order valence-electron chi connectivity index (χ0n) is 43.3. The standard InChI is InChI=1S/C55H109N2O6P/c1-6-8-10-12-14-16-18-20-22-24-25-26-27-28-29-30-31-32-33-35-37-39-41-43-45-47-49-55(59)56-53(52-63-64(60,61)62-51-50-57(3,4)5)54(58)48-46-44-42-40-38-36-34-23-21-19-17-15-13-11-9-7-2/h38,40,46,48,53-54,58H,6-37,39,41-45,47,49-52H2,1-5H3,(H-,56,59,60,61)/b40-38+,48-46+. The minimum Gasteiger partial charge on any atom is -0.756 e. The van der Waals surface area contributed by atoms with Crippen molar-refractivity contribution in [3.8, 4) is 0 Å². The third-order valence-corrected chi connectivity index (χ3v) is 13.6. The Bertz CT molecular complexity index is 1090. The van der Waals surface area contributed by atoms with Crippen LogP contribution in [0.3, 0.4) is 0 Å². The zero-order valence-corrected chi connectivity index (χ0v) is 44.1. The van der Waals surface area contributed by atoms with Crippen LogP contribution in [0.4, 0.5) is 0 Å². The maximum atomic E-state index is 12.9. The van der Waals surface area contributed by atoms with Crippen LogP contribution in [0.1, 0.15) is 271 Å². The first-order chi connectivity index (χ1) is 31.0. The number of hydrogen-bond donors (Lipinski definition) is 2. The molecule has 0 heterocycles. The predicted octanol–water partition coefficient (Wildman–Crippen LogP) is 15.8. The van der Waals surface area contributed by atoms with E-state index in [1.165, 1.54) is 212 Å². The number of carbonyl (C=O) groups is 1. The number of phosphoric acid groups is 1. The van der Waals surface area contributed by atoms with Crippen molar-refractivity contribution >= 4 is 13.7 Å². The van der Waals surface area contributed by atoms with Crippen molar-refractivity contribution in [3.63, 3.8) is 0 Å². The number of carbonyl (C=O) groups excluding carboxylic acids is 1. The van der Waals surface area contributed by atoms with Crippen LogP contribution in [0.15, 0.2) is 24.3 Å². The lowest BCUT2D eigenvalue weighted by Crippen LogP contribution is -2.45. The number of hydrogen-bond acceptors (Lipinski definition) is 6. The Morgan fingerprint density at radius 1 is 0.531 bits per heavy atom. The van der Waals surface area contributed by atoms with E-state index in [-0.39, 0.29) is 19.1 Å². The third-order valence-electron chi connectivity index (χ3n) is 12.7. The smallest absolute Gasteiger partial charge is 0.268 e. The number of aliphatic hydroxyl groups is 1. The summed E-state index contributed by atoms with van der Waals surface area (Å²) in [4.78, 5) is 25.4. The Hall–Kier alpha value is -1.02. The molecule has 3 unspecified atom stereocenters. The molecular formula is C55H109N2O6P. The Morgan fingerprint density at radius 3 is 1.27 bits per heavy atom. The predicted molar refractivity (Wildman–Crippen MR) is 275 cm³/mol. The van der Waals surface area contributed by atoms with Crippen LogP contribution >= 0.6 is 7.82 Å². The van der Waals surface area contributed by atoms with Crippen molar-refractivity contribution in [2.75, 3.05) is 40.9 Å². The van der Waals surface area contributed by atoms with Gasteiger partial charge in [0.15, 0.2) is 0 Å². The van der Waals surface area contributed by atoms with Crippen LogP contribution in [0, 0.1) is 0 Å². The summed E-state index contributed by atoms with van der Waals surface area (Å²) in [6.07, 6.45) is 58.3. The largest absolute Gasteiger partial charge is 0.756 e. The normalized spacial score (nSPS) is 14.2. The molecule has 0 aliphatic rings. The lowest BCUT2D eigenvalue weighted by atomic mass is 10.0. The van der Waals surface area contributed by atoms with Crippen molar-refractivity contribution in [1.82, 2.24) is 5.32 Å². The van der Waals surface area contributed by atoms with Crippen LogP contribution < -0.4 is 10.2 Å². The summed E-state index contributed by atoms with van der Waals surface area (Å²) in [5, 5.41) is 13.8. The summed E-state index contributed by atoms with van der Waals surface area (Å²) >= 11 is 0. The van der Waals surface area contributed by atoms with Crippen LogP contribution in [0.5, 0.6) is 0 Å². The lowest BCUT2D eigenvalue weighted by Gasteiger charge is -2.29. The van der Waals surface area contributed by atoms with E-state index in [1.54, 1.807) is 6.08 Å². The van der Waals surface area contributed by atoms with Gasteiger partial charge in [-0.3, -0.25) is 9.36 Å². The van der Waals surface area contributed by atoms with Gasteiger partial charge in [-0.2, -0.15) is 0 Å². The molecule has 0 aliphatic heterocycles. The van der Waals surface area contributed by atoms with Gasteiger partial charge >= 0.3 is 0 Å². The summed E-state index contributed by atoms with van der Waals surface area (Å²) in [5.41, 5.74) is 0. The molecule has 0 radical (unpaired) electrons. The third kappa shape index (κ3) is 48.9. The van der Waals surface area contributed by atoms with Crippen molar-refractivity contribution < 1.29 is 32.9 Å². The second-order valence-corrected chi connectivity index (χ2v) is 21.7. The van der Waals surface area contributed by atoms with E-state index in [0.29, 0.717) is 17.4 Å². The van der Waals surface area contributed by atoms with Crippen molar-refractivity contribution in [2.45, 2.75) is 283 Å². The fourth-order valence-electron chi connectivity index (χ4n) is 8.29. The van der Waals surface area contributed by atoms with Gasteiger partial charge in [0.25, 0.3) is 7.82 Å². The average molecular weight is 925 g/mol. The van der Waals surface area contributed by atoms with Crippen molar-refractivity contribution in [1.29, 1.82) is 0 Å². The maximum Gasteiger partial charge on any atom is 0.268 e. The number of quaternary nitrogens is 1. The molecule has 2 N–H and O–H groups in total. The first kappa shape index (κ1) is 63.0. The quantitative estimate of drug-likeness (QED) is 0.0272. The van der Waals surface area contributed by atoms with E-state index in [0.717, 1.165) is 38.5 Å². The number of nitrogens with one attached hydrogen (secondary N) is 1. The molecular weight excluding hydrogens is 816 g/mol. The first-order valence-corrected chi connectivity index (χ1v) is 29.2. The summed E-state index contributed by atoms with van der Waals surface area (Å²) < 4.78 is 23.3. The summed E-state index contributed by atoms with van der Waals surface area (Å²) in [6, 6.07) is -0.899. The highest BCUT2D eigenvalue weighted by Gasteiger charge is 2.23. The molecule has 0 saturated heterocycles. The molecule has 0 bridgehead atoms. The number of unbranched alkanes of at least 4 members (excludes halogenated alkanes) is 36. The molecule has 0 fully saturated rings. The average Bonchev–Trinajstić information content (AvgIpc) is 3.25. The SMILES string of the molecule is CCCCCCCCCCCC/C=C/CC/C=C/C(O)C(COP(=O)([O-])OCC[N+](C)(C)C)NC(=O)CCCCCCCCCCCCCCCCCCCCCCCCCCCC. The van der Waals surface area contributed by atoms with Crippen LogP contribution in [0.2, 0.25) is 0 Å². The Morgan fingerprint density at radius 2 is 0.875 bits per heavy atom. The van der Waals surface area contributed by atoms with Crippen LogP contribution in [-0.4, -0.2) is 68.5 Å². The Kier molecular flexibility index (Phi) is 46.3. The minimum atomic E-state index is -4.60. The zero-order chi connectivity index (χ0) is 47.1. The molecule has 9 heteroatoms. The van der Waals surface area contributed by atoms with E-state index < -0.39 is 20.0 Å². The number of allylic oxidation sites excluding steroid dienone is 3.